The van der Waals surface area contributed by atoms with Crippen molar-refractivity contribution in [1.29, 1.82) is 0 Å². The second-order valence-corrected chi connectivity index (χ2v) is 6.27. The number of hydrogen-bond acceptors (Lipinski definition) is 2. The van der Waals surface area contributed by atoms with Gasteiger partial charge in [-0.25, -0.2) is 0 Å². The molecule has 1 aromatic heterocycles. The molecule has 0 aliphatic heterocycles. The predicted octanol–water partition coefficient (Wildman–Crippen LogP) is 5.07. The van der Waals surface area contributed by atoms with Crippen molar-refractivity contribution < 1.29 is 0 Å². The molecule has 0 atom stereocenters. The first-order chi connectivity index (χ1) is 10.2. The number of benzene rings is 1. The van der Waals surface area contributed by atoms with Crippen LogP contribution in [0, 0.1) is 5.41 Å². The summed E-state index contributed by atoms with van der Waals surface area (Å²) in [6, 6.07) is 10.4. The summed E-state index contributed by atoms with van der Waals surface area (Å²) in [4.78, 5) is 0. The summed E-state index contributed by atoms with van der Waals surface area (Å²) in [7, 11) is 0. The van der Waals surface area contributed by atoms with Crippen molar-refractivity contribution >= 4 is 12.6 Å². The third-order valence-corrected chi connectivity index (χ3v) is 4.80. The maximum absolute atomic E-state index is 4.64. The minimum atomic E-state index is 0.270. The Morgan fingerprint density at radius 2 is 1.71 bits per heavy atom. The molecule has 1 heterocycles. The van der Waals surface area contributed by atoms with Gasteiger partial charge in [0.25, 0.3) is 0 Å². The van der Waals surface area contributed by atoms with Crippen molar-refractivity contribution in [2.24, 2.45) is 5.41 Å². The van der Waals surface area contributed by atoms with Crippen LogP contribution >= 0.6 is 12.6 Å². The highest BCUT2D eigenvalue weighted by molar-refractivity contribution is 7.80. The molecule has 0 bridgehead atoms. The largest absolute Gasteiger partial charge is 0.272 e. The molecule has 0 spiro atoms. The highest BCUT2D eigenvalue weighted by Gasteiger charge is 2.27. The molecule has 0 radical (unpaired) electrons. The van der Waals surface area contributed by atoms with Gasteiger partial charge in [-0.05, 0) is 29.6 Å². The zero-order chi connectivity index (χ0) is 15.1. The van der Waals surface area contributed by atoms with Gasteiger partial charge in [-0.2, -0.15) is 17.7 Å². The van der Waals surface area contributed by atoms with Crippen LogP contribution in [0.1, 0.15) is 39.5 Å². The van der Waals surface area contributed by atoms with Gasteiger partial charge < -0.3 is 0 Å². The van der Waals surface area contributed by atoms with Crippen LogP contribution in [0.4, 0.5) is 0 Å². The molecule has 0 aliphatic carbocycles. The maximum Gasteiger partial charge on any atom is 0.0568 e. The summed E-state index contributed by atoms with van der Waals surface area (Å²) in [6.45, 7) is 5.48. The Morgan fingerprint density at radius 3 is 2.29 bits per heavy atom. The summed E-state index contributed by atoms with van der Waals surface area (Å²) in [5, 5.41) is 4.57. The smallest absolute Gasteiger partial charge is 0.0568 e. The molecule has 1 aromatic carbocycles. The van der Waals surface area contributed by atoms with Crippen LogP contribution in [0.25, 0.3) is 11.1 Å². The Kier molecular flexibility index (Phi) is 5.92. The first-order valence-electron chi connectivity index (χ1n) is 7.92. The van der Waals surface area contributed by atoms with Crippen molar-refractivity contribution in [2.75, 3.05) is 5.75 Å². The van der Waals surface area contributed by atoms with Crippen molar-refractivity contribution in [3.8, 4) is 11.1 Å². The molecular formula is C18H26N2S. The quantitative estimate of drug-likeness (QED) is 0.674. The van der Waals surface area contributed by atoms with E-state index < -0.39 is 0 Å². The molecule has 0 saturated heterocycles. The SMILES string of the molecule is CCCC(CS)(CCC)Cn1cc(-c2ccccc2)cn1. The average Bonchev–Trinajstić information content (AvgIpc) is 2.97. The van der Waals surface area contributed by atoms with Gasteiger partial charge in [-0.1, -0.05) is 57.0 Å². The van der Waals surface area contributed by atoms with E-state index in [1.807, 2.05) is 12.3 Å². The number of nitrogens with zero attached hydrogens (tertiary/aromatic N) is 2. The van der Waals surface area contributed by atoms with Crippen molar-refractivity contribution in [1.82, 2.24) is 9.78 Å². The number of hydrogen-bond donors (Lipinski definition) is 1. The monoisotopic (exact) mass is 302 g/mol. The molecule has 0 amide bonds. The first kappa shape index (κ1) is 16.2. The van der Waals surface area contributed by atoms with Gasteiger partial charge in [0.1, 0.15) is 0 Å². The van der Waals surface area contributed by atoms with Gasteiger partial charge >= 0.3 is 0 Å². The van der Waals surface area contributed by atoms with E-state index in [1.54, 1.807) is 0 Å². The molecule has 0 aliphatic rings. The molecule has 2 aromatic rings. The summed E-state index contributed by atoms with van der Waals surface area (Å²) in [6.07, 6.45) is 8.96. The van der Waals surface area contributed by atoms with Crippen LogP contribution in [-0.4, -0.2) is 15.5 Å². The molecule has 114 valence electrons. The van der Waals surface area contributed by atoms with Gasteiger partial charge in [0.2, 0.25) is 0 Å². The second-order valence-electron chi connectivity index (χ2n) is 5.95. The van der Waals surface area contributed by atoms with E-state index in [9.17, 15) is 0 Å². The van der Waals surface area contributed by atoms with Gasteiger partial charge in [0.05, 0.1) is 6.20 Å². The van der Waals surface area contributed by atoms with Crippen LogP contribution in [0.5, 0.6) is 0 Å². The Bertz CT molecular complexity index is 527. The Morgan fingerprint density at radius 1 is 1.05 bits per heavy atom. The Balaban J connectivity index is 2.16. The summed E-state index contributed by atoms with van der Waals surface area (Å²) in [5.41, 5.74) is 2.69. The molecule has 2 nitrogen and oxygen atoms in total. The molecule has 0 N–H and O–H groups in total. The van der Waals surface area contributed by atoms with E-state index in [-0.39, 0.29) is 5.41 Å². The minimum Gasteiger partial charge on any atom is -0.272 e. The molecular weight excluding hydrogens is 276 g/mol. The summed E-state index contributed by atoms with van der Waals surface area (Å²) >= 11 is 4.64. The molecule has 0 saturated carbocycles. The van der Waals surface area contributed by atoms with Gasteiger partial charge in [-0.3, -0.25) is 4.68 Å². The number of aromatic nitrogens is 2. The zero-order valence-corrected chi connectivity index (χ0v) is 14.0. The fourth-order valence-electron chi connectivity index (χ4n) is 3.13. The van der Waals surface area contributed by atoms with E-state index in [2.05, 4.69) is 66.7 Å². The van der Waals surface area contributed by atoms with E-state index in [1.165, 1.54) is 36.8 Å². The normalized spacial score (nSPS) is 11.8. The molecule has 3 heteroatoms. The van der Waals surface area contributed by atoms with Crippen LogP contribution < -0.4 is 0 Å². The van der Waals surface area contributed by atoms with E-state index in [0.29, 0.717) is 0 Å². The molecule has 0 unspecified atom stereocenters. The van der Waals surface area contributed by atoms with Gasteiger partial charge in [-0.15, -0.1) is 0 Å². The van der Waals surface area contributed by atoms with Crippen molar-refractivity contribution in [3.63, 3.8) is 0 Å². The lowest BCUT2D eigenvalue weighted by Crippen LogP contribution is -2.29. The maximum atomic E-state index is 4.64. The Hall–Kier alpha value is -1.22. The van der Waals surface area contributed by atoms with Crippen LogP contribution in [-0.2, 0) is 6.54 Å². The standard InChI is InChI=1S/C18H26N2S/c1-3-10-18(15-21,11-4-2)14-20-13-17(12-19-20)16-8-6-5-7-9-16/h5-9,12-13,21H,3-4,10-11,14-15H2,1-2H3. The molecule has 0 fully saturated rings. The Labute approximate surface area is 134 Å². The average molecular weight is 302 g/mol. The number of thiol groups is 1. The molecule has 21 heavy (non-hydrogen) atoms. The lowest BCUT2D eigenvalue weighted by molar-refractivity contribution is 0.222. The third kappa shape index (κ3) is 4.13. The van der Waals surface area contributed by atoms with Crippen LogP contribution in [0.15, 0.2) is 42.7 Å². The lowest BCUT2D eigenvalue weighted by atomic mass is 9.81. The second kappa shape index (κ2) is 7.69. The highest BCUT2D eigenvalue weighted by atomic mass is 32.1. The highest BCUT2D eigenvalue weighted by Crippen LogP contribution is 2.33. The minimum absolute atomic E-state index is 0.270. The topological polar surface area (TPSA) is 17.8 Å². The molecule has 2 rings (SSSR count). The van der Waals surface area contributed by atoms with E-state index >= 15 is 0 Å². The van der Waals surface area contributed by atoms with Crippen molar-refractivity contribution in [2.45, 2.75) is 46.1 Å². The van der Waals surface area contributed by atoms with E-state index in [0.717, 1.165) is 12.3 Å². The summed E-state index contributed by atoms with van der Waals surface area (Å²) in [5.74, 6) is 0.926. The predicted molar refractivity (Wildman–Crippen MR) is 93.8 cm³/mol. The lowest BCUT2D eigenvalue weighted by Gasteiger charge is -2.31. The fourth-order valence-corrected chi connectivity index (χ4v) is 3.54. The zero-order valence-electron chi connectivity index (χ0n) is 13.1. The van der Waals surface area contributed by atoms with E-state index in [4.69, 9.17) is 0 Å². The third-order valence-electron chi connectivity index (χ3n) is 4.13. The van der Waals surface area contributed by atoms with Crippen LogP contribution in [0.2, 0.25) is 0 Å². The number of rotatable bonds is 8. The first-order valence-corrected chi connectivity index (χ1v) is 8.55. The van der Waals surface area contributed by atoms with Gasteiger partial charge in [0.15, 0.2) is 0 Å². The van der Waals surface area contributed by atoms with Crippen LogP contribution in [0.3, 0.4) is 0 Å². The van der Waals surface area contributed by atoms with Crippen molar-refractivity contribution in [3.05, 3.63) is 42.7 Å². The van der Waals surface area contributed by atoms with Gasteiger partial charge in [0, 0.05) is 18.3 Å². The summed E-state index contributed by atoms with van der Waals surface area (Å²) < 4.78 is 2.10. The fraction of sp³-hybridized carbons (Fsp3) is 0.500.